The molecule has 0 saturated carbocycles. The molecule has 0 saturated heterocycles. The summed E-state index contributed by atoms with van der Waals surface area (Å²) in [7, 11) is 2.71. The number of methoxy groups -OCH3 is 2. The molecule has 0 spiro atoms. The van der Waals surface area contributed by atoms with E-state index in [2.05, 4.69) is 14.9 Å². The van der Waals surface area contributed by atoms with Gasteiger partial charge in [-0.1, -0.05) is 13.8 Å². The summed E-state index contributed by atoms with van der Waals surface area (Å²) in [6, 6.07) is 3.00. The predicted molar refractivity (Wildman–Crippen MR) is 63.3 cm³/mol. The number of ether oxygens (including phenoxy) is 2. The zero-order valence-corrected chi connectivity index (χ0v) is 10.8. The van der Waals surface area contributed by atoms with Crippen LogP contribution in [-0.4, -0.2) is 36.2 Å². The van der Waals surface area contributed by atoms with Crippen LogP contribution in [0.15, 0.2) is 12.1 Å². The van der Waals surface area contributed by atoms with Gasteiger partial charge in [-0.05, 0) is 12.0 Å². The Bertz CT molecular complexity index is 428. The van der Waals surface area contributed by atoms with Crippen molar-refractivity contribution in [3.63, 3.8) is 0 Å². The second-order valence-electron chi connectivity index (χ2n) is 4.07. The predicted octanol–water partition coefficient (Wildman–Crippen LogP) is 1.11. The van der Waals surface area contributed by atoms with Crippen LogP contribution in [0.25, 0.3) is 0 Å². The summed E-state index contributed by atoms with van der Waals surface area (Å²) < 4.78 is 9.48. The van der Waals surface area contributed by atoms with Crippen LogP contribution in [0, 0.1) is 11.8 Å². The van der Waals surface area contributed by atoms with Gasteiger partial charge in [0.05, 0.1) is 14.2 Å². The Morgan fingerprint density at radius 1 is 1.17 bits per heavy atom. The molecule has 6 heteroatoms. The highest BCUT2D eigenvalue weighted by molar-refractivity contribution is 6.07. The van der Waals surface area contributed by atoms with Crippen LogP contribution in [0.5, 0.6) is 5.88 Å². The fourth-order valence-electron chi connectivity index (χ4n) is 1.53. The Balaban J connectivity index is 2.98. The Morgan fingerprint density at radius 2 is 1.83 bits per heavy atom. The number of Topliss-reactive ketones (excluding diaryl/α,β-unsaturated/α-hetero) is 1. The van der Waals surface area contributed by atoms with Crippen molar-refractivity contribution in [3.05, 3.63) is 17.8 Å². The lowest BCUT2D eigenvalue weighted by molar-refractivity contribution is -0.144. The molecule has 0 bridgehead atoms. The largest absolute Gasteiger partial charge is 0.480 e. The molecule has 98 valence electrons. The fourth-order valence-corrected chi connectivity index (χ4v) is 1.53. The summed E-state index contributed by atoms with van der Waals surface area (Å²) in [6.45, 7) is 3.55. The summed E-state index contributed by atoms with van der Waals surface area (Å²) in [5.41, 5.74) is 0.125. The number of hydrogen-bond acceptors (Lipinski definition) is 6. The van der Waals surface area contributed by atoms with Gasteiger partial charge in [0.2, 0.25) is 5.88 Å². The molecule has 0 N–H and O–H groups in total. The van der Waals surface area contributed by atoms with E-state index in [1.807, 2.05) is 0 Å². The third-order valence-electron chi connectivity index (χ3n) is 2.51. The molecule has 0 aliphatic rings. The van der Waals surface area contributed by atoms with E-state index in [-0.39, 0.29) is 11.6 Å². The van der Waals surface area contributed by atoms with Gasteiger partial charge in [0.15, 0.2) is 5.78 Å². The maximum atomic E-state index is 12.1. The second-order valence-corrected chi connectivity index (χ2v) is 4.07. The summed E-state index contributed by atoms with van der Waals surface area (Å²) >= 11 is 0. The van der Waals surface area contributed by atoms with Crippen LogP contribution in [-0.2, 0) is 9.53 Å². The summed E-state index contributed by atoms with van der Waals surface area (Å²) in [5.74, 6) is -1.68. The average Bonchev–Trinajstić information content (AvgIpc) is 2.38. The van der Waals surface area contributed by atoms with Crippen LogP contribution in [0.4, 0.5) is 0 Å². The smallest absolute Gasteiger partial charge is 0.316 e. The molecule has 18 heavy (non-hydrogen) atoms. The number of hydrogen-bond donors (Lipinski definition) is 0. The van der Waals surface area contributed by atoms with Crippen LogP contribution in [0.3, 0.4) is 0 Å². The van der Waals surface area contributed by atoms with Crippen molar-refractivity contribution in [3.8, 4) is 5.88 Å². The Morgan fingerprint density at radius 3 is 2.22 bits per heavy atom. The number of esters is 1. The Kier molecular flexibility index (Phi) is 4.76. The monoisotopic (exact) mass is 252 g/mol. The van der Waals surface area contributed by atoms with Crippen molar-refractivity contribution >= 4 is 11.8 Å². The van der Waals surface area contributed by atoms with E-state index in [0.717, 1.165) is 0 Å². The lowest BCUT2D eigenvalue weighted by Gasteiger charge is -2.16. The first-order chi connectivity index (χ1) is 8.51. The number of carbonyl (C=O) groups excluding carboxylic acids is 2. The topological polar surface area (TPSA) is 78.4 Å². The van der Waals surface area contributed by atoms with Gasteiger partial charge in [0.25, 0.3) is 0 Å². The van der Waals surface area contributed by atoms with E-state index < -0.39 is 17.7 Å². The van der Waals surface area contributed by atoms with Gasteiger partial charge in [-0.3, -0.25) is 9.59 Å². The number of rotatable bonds is 5. The molecule has 1 aromatic rings. The van der Waals surface area contributed by atoms with Gasteiger partial charge in [-0.2, -0.15) is 0 Å². The lowest BCUT2D eigenvalue weighted by Crippen LogP contribution is -2.30. The highest BCUT2D eigenvalue weighted by atomic mass is 16.5. The van der Waals surface area contributed by atoms with Crippen LogP contribution in [0.2, 0.25) is 0 Å². The molecule has 0 fully saturated rings. The van der Waals surface area contributed by atoms with Gasteiger partial charge in [0, 0.05) is 6.07 Å². The number of aromatic nitrogens is 2. The maximum absolute atomic E-state index is 12.1. The highest BCUT2D eigenvalue weighted by Crippen LogP contribution is 2.18. The molecule has 1 unspecified atom stereocenters. The average molecular weight is 252 g/mol. The van der Waals surface area contributed by atoms with Crippen molar-refractivity contribution < 1.29 is 19.1 Å². The summed E-state index contributed by atoms with van der Waals surface area (Å²) in [4.78, 5) is 23.7. The Labute approximate surface area is 105 Å². The van der Waals surface area contributed by atoms with E-state index in [1.165, 1.54) is 26.4 Å². The normalized spacial score (nSPS) is 12.1. The second kappa shape index (κ2) is 6.09. The minimum Gasteiger partial charge on any atom is -0.480 e. The van der Waals surface area contributed by atoms with E-state index in [4.69, 9.17) is 4.74 Å². The van der Waals surface area contributed by atoms with Gasteiger partial charge in [-0.15, -0.1) is 10.2 Å². The van der Waals surface area contributed by atoms with Gasteiger partial charge < -0.3 is 9.47 Å². The van der Waals surface area contributed by atoms with E-state index in [9.17, 15) is 9.59 Å². The lowest BCUT2D eigenvalue weighted by atomic mass is 9.90. The zero-order chi connectivity index (χ0) is 13.7. The van der Waals surface area contributed by atoms with Crippen LogP contribution >= 0.6 is 0 Å². The van der Waals surface area contributed by atoms with Gasteiger partial charge in [0.1, 0.15) is 11.6 Å². The van der Waals surface area contributed by atoms with Crippen molar-refractivity contribution in [2.24, 2.45) is 11.8 Å². The third kappa shape index (κ3) is 3.03. The van der Waals surface area contributed by atoms with Crippen molar-refractivity contribution in [1.29, 1.82) is 0 Å². The first kappa shape index (κ1) is 14.1. The SMILES string of the molecule is COC(=O)C(C(=O)c1ccc(OC)nn1)C(C)C. The molecule has 0 aromatic carbocycles. The molecule has 1 heterocycles. The maximum Gasteiger partial charge on any atom is 0.316 e. The van der Waals surface area contributed by atoms with Crippen LogP contribution in [0.1, 0.15) is 24.3 Å². The highest BCUT2D eigenvalue weighted by Gasteiger charge is 2.32. The van der Waals surface area contributed by atoms with Crippen molar-refractivity contribution in [2.75, 3.05) is 14.2 Å². The molecular weight excluding hydrogens is 236 g/mol. The minimum atomic E-state index is -0.863. The molecular formula is C12H16N2O4. The number of carbonyl (C=O) groups is 2. The fraction of sp³-hybridized carbons (Fsp3) is 0.500. The quantitative estimate of drug-likeness (QED) is 0.444. The summed E-state index contributed by atoms with van der Waals surface area (Å²) in [5, 5.41) is 7.44. The van der Waals surface area contributed by atoms with Crippen molar-refractivity contribution in [2.45, 2.75) is 13.8 Å². The number of ketones is 1. The third-order valence-corrected chi connectivity index (χ3v) is 2.51. The standard InChI is InChI=1S/C12H16N2O4/c1-7(2)10(12(16)18-4)11(15)8-5-6-9(17-3)14-13-8/h5-7,10H,1-4H3. The molecule has 6 nitrogen and oxygen atoms in total. The zero-order valence-electron chi connectivity index (χ0n) is 10.8. The molecule has 0 aliphatic heterocycles. The summed E-state index contributed by atoms with van der Waals surface area (Å²) in [6.07, 6.45) is 0. The molecule has 1 aromatic heterocycles. The first-order valence-corrected chi connectivity index (χ1v) is 5.51. The molecule has 1 atom stereocenters. The van der Waals surface area contributed by atoms with Gasteiger partial charge >= 0.3 is 5.97 Å². The van der Waals surface area contributed by atoms with E-state index in [0.29, 0.717) is 5.88 Å². The van der Waals surface area contributed by atoms with Gasteiger partial charge in [-0.25, -0.2) is 0 Å². The minimum absolute atomic E-state index is 0.125. The molecule has 0 amide bonds. The van der Waals surface area contributed by atoms with Crippen LogP contribution < -0.4 is 4.74 Å². The van der Waals surface area contributed by atoms with Crippen molar-refractivity contribution in [1.82, 2.24) is 10.2 Å². The number of nitrogens with zero attached hydrogens (tertiary/aromatic N) is 2. The Hall–Kier alpha value is -1.98. The first-order valence-electron chi connectivity index (χ1n) is 5.51. The molecule has 0 radical (unpaired) electrons. The molecule has 1 rings (SSSR count). The van der Waals surface area contributed by atoms with E-state index >= 15 is 0 Å². The van der Waals surface area contributed by atoms with E-state index in [1.54, 1.807) is 13.8 Å². The molecule has 0 aliphatic carbocycles.